The molecule has 1 heterocycles. The lowest BCUT2D eigenvalue weighted by Crippen LogP contribution is -2.47. The molecule has 1 saturated carbocycles. The van der Waals surface area contributed by atoms with Crippen molar-refractivity contribution in [3.05, 3.63) is 16.4 Å². The molecule has 16 heavy (non-hydrogen) atoms. The summed E-state index contributed by atoms with van der Waals surface area (Å²) in [7, 11) is 1.61. The minimum absolute atomic E-state index is 0.0486. The Morgan fingerprint density at radius 2 is 2.38 bits per heavy atom. The van der Waals surface area contributed by atoms with Crippen molar-refractivity contribution < 1.29 is 9.53 Å². The summed E-state index contributed by atoms with van der Waals surface area (Å²) in [6.45, 7) is 2.66. The third-order valence-electron chi connectivity index (χ3n) is 3.28. The molecule has 4 nitrogen and oxygen atoms in total. The molecule has 0 N–H and O–H groups in total. The molecule has 1 aliphatic rings. The Bertz CT molecular complexity index is 405. The number of aryl methyl sites for hydroxylation is 1. The van der Waals surface area contributed by atoms with Gasteiger partial charge in [-0.05, 0) is 42.1 Å². The number of Topliss-reactive ketones (excluding diaryl/α,β-unsaturated/α-hetero) is 1. The van der Waals surface area contributed by atoms with Gasteiger partial charge in [-0.1, -0.05) is 0 Å². The van der Waals surface area contributed by atoms with Gasteiger partial charge in [0.15, 0.2) is 0 Å². The first-order chi connectivity index (χ1) is 7.64. The third-order valence-corrected chi connectivity index (χ3v) is 3.86. The Morgan fingerprint density at radius 3 is 2.81 bits per heavy atom. The van der Waals surface area contributed by atoms with Crippen molar-refractivity contribution in [1.82, 2.24) is 9.78 Å². The van der Waals surface area contributed by atoms with Gasteiger partial charge < -0.3 is 4.74 Å². The van der Waals surface area contributed by atoms with Crippen LogP contribution < -0.4 is 0 Å². The Morgan fingerprint density at radius 1 is 1.69 bits per heavy atom. The molecule has 0 radical (unpaired) electrons. The van der Waals surface area contributed by atoms with Crippen LogP contribution in [-0.4, -0.2) is 28.3 Å². The number of halogens is 1. The molecule has 0 aromatic carbocycles. The van der Waals surface area contributed by atoms with Crippen LogP contribution in [0.15, 0.2) is 10.7 Å². The molecule has 0 unspecified atom stereocenters. The van der Waals surface area contributed by atoms with E-state index in [4.69, 9.17) is 4.74 Å². The lowest BCUT2D eigenvalue weighted by atomic mass is 9.76. The fourth-order valence-corrected chi connectivity index (χ4v) is 2.54. The number of hydrogen-bond acceptors (Lipinski definition) is 3. The number of aromatic nitrogens is 2. The number of nitrogens with zero attached hydrogens (tertiary/aromatic N) is 2. The Kier molecular flexibility index (Phi) is 3.17. The van der Waals surface area contributed by atoms with E-state index in [9.17, 15) is 4.79 Å². The zero-order valence-corrected chi connectivity index (χ0v) is 11.1. The Labute approximate surface area is 103 Å². The molecule has 0 saturated heterocycles. The summed E-state index contributed by atoms with van der Waals surface area (Å²) in [6.07, 6.45) is 4.34. The SMILES string of the molecule is CCn1ncc(Br)c1C(=O)C1(OC)CCC1. The monoisotopic (exact) mass is 286 g/mol. The van der Waals surface area contributed by atoms with Crippen molar-refractivity contribution in [3.8, 4) is 0 Å². The maximum absolute atomic E-state index is 12.4. The number of ether oxygens (including phenoxy) is 1. The number of methoxy groups -OCH3 is 1. The second kappa shape index (κ2) is 4.30. The van der Waals surface area contributed by atoms with Crippen molar-refractivity contribution in [1.29, 1.82) is 0 Å². The van der Waals surface area contributed by atoms with Gasteiger partial charge in [0.1, 0.15) is 11.3 Å². The van der Waals surface area contributed by atoms with E-state index in [-0.39, 0.29) is 5.78 Å². The molecular weight excluding hydrogens is 272 g/mol. The number of carbonyl (C=O) groups excluding carboxylic acids is 1. The van der Waals surface area contributed by atoms with Crippen molar-refractivity contribution >= 4 is 21.7 Å². The van der Waals surface area contributed by atoms with E-state index in [0.29, 0.717) is 12.2 Å². The Hall–Kier alpha value is -0.680. The zero-order valence-electron chi connectivity index (χ0n) is 9.49. The van der Waals surface area contributed by atoms with E-state index in [2.05, 4.69) is 21.0 Å². The van der Waals surface area contributed by atoms with Gasteiger partial charge in [0.2, 0.25) is 5.78 Å². The molecule has 0 aliphatic heterocycles. The number of ketones is 1. The maximum Gasteiger partial charge on any atom is 0.213 e. The highest BCUT2D eigenvalue weighted by molar-refractivity contribution is 9.10. The minimum atomic E-state index is -0.602. The molecule has 1 aromatic heterocycles. The van der Waals surface area contributed by atoms with Crippen LogP contribution >= 0.6 is 15.9 Å². The quantitative estimate of drug-likeness (QED) is 0.799. The average molecular weight is 287 g/mol. The van der Waals surface area contributed by atoms with Crippen LogP contribution in [0.25, 0.3) is 0 Å². The van der Waals surface area contributed by atoms with E-state index in [0.717, 1.165) is 23.7 Å². The summed E-state index contributed by atoms with van der Waals surface area (Å²) >= 11 is 3.37. The molecule has 1 aromatic rings. The highest BCUT2D eigenvalue weighted by atomic mass is 79.9. The second-order valence-electron chi connectivity index (χ2n) is 4.04. The van der Waals surface area contributed by atoms with Crippen molar-refractivity contribution in [2.75, 3.05) is 7.11 Å². The highest BCUT2D eigenvalue weighted by Crippen LogP contribution is 2.39. The zero-order chi connectivity index (χ0) is 11.8. The largest absolute Gasteiger partial charge is 0.370 e. The first-order valence-electron chi connectivity index (χ1n) is 5.46. The first-order valence-corrected chi connectivity index (χ1v) is 6.25. The third kappa shape index (κ3) is 1.62. The van der Waals surface area contributed by atoms with Gasteiger partial charge in [0, 0.05) is 13.7 Å². The number of hydrogen-bond donors (Lipinski definition) is 0. The van der Waals surface area contributed by atoms with Crippen LogP contribution in [0.3, 0.4) is 0 Å². The number of rotatable bonds is 4. The van der Waals surface area contributed by atoms with Gasteiger partial charge >= 0.3 is 0 Å². The summed E-state index contributed by atoms with van der Waals surface area (Å²) in [5, 5.41) is 4.15. The molecule has 88 valence electrons. The maximum atomic E-state index is 12.4. The number of carbonyl (C=O) groups is 1. The molecule has 0 amide bonds. The molecule has 1 fully saturated rings. The van der Waals surface area contributed by atoms with Crippen LogP contribution in [0.1, 0.15) is 36.7 Å². The smallest absolute Gasteiger partial charge is 0.213 e. The van der Waals surface area contributed by atoms with Crippen LogP contribution in [0.2, 0.25) is 0 Å². The molecular formula is C11H15BrN2O2. The van der Waals surface area contributed by atoms with Gasteiger partial charge in [-0.2, -0.15) is 5.10 Å². The second-order valence-corrected chi connectivity index (χ2v) is 4.89. The van der Waals surface area contributed by atoms with Gasteiger partial charge in [-0.25, -0.2) is 0 Å². The Balaban J connectivity index is 2.36. The summed E-state index contributed by atoms with van der Waals surface area (Å²) in [4.78, 5) is 12.4. The molecule has 0 atom stereocenters. The van der Waals surface area contributed by atoms with E-state index in [1.54, 1.807) is 18.0 Å². The molecule has 5 heteroatoms. The van der Waals surface area contributed by atoms with Gasteiger partial charge in [-0.15, -0.1) is 0 Å². The average Bonchev–Trinajstić information content (AvgIpc) is 2.58. The van der Waals surface area contributed by atoms with Gasteiger partial charge in [0.25, 0.3) is 0 Å². The fourth-order valence-electron chi connectivity index (χ4n) is 2.07. The minimum Gasteiger partial charge on any atom is -0.370 e. The summed E-state index contributed by atoms with van der Waals surface area (Å²) in [5.41, 5.74) is 0.0270. The van der Waals surface area contributed by atoms with E-state index in [1.807, 2.05) is 6.92 Å². The lowest BCUT2D eigenvalue weighted by molar-refractivity contribution is -0.0455. The summed E-state index contributed by atoms with van der Waals surface area (Å²) in [6, 6.07) is 0. The van der Waals surface area contributed by atoms with Crippen LogP contribution in [-0.2, 0) is 11.3 Å². The van der Waals surface area contributed by atoms with E-state index in [1.165, 1.54) is 0 Å². The normalized spacial score (nSPS) is 18.2. The predicted molar refractivity (Wildman–Crippen MR) is 63.5 cm³/mol. The predicted octanol–water partition coefficient (Wildman–Crippen LogP) is 2.42. The first kappa shape index (κ1) is 11.8. The van der Waals surface area contributed by atoms with E-state index < -0.39 is 5.60 Å². The van der Waals surface area contributed by atoms with Crippen molar-refractivity contribution in [2.45, 2.75) is 38.3 Å². The van der Waals surface area contributed by atoms with Crippen LogP contribution in [0.5, 0.6) is 0 Å². The summed E-state index contributed by atoms with van der Waals surface area (Å²) in [5.74, 6) is 0.0486. The van der Waals surface area contributed by atoms with E-state index >= 15 is 0 Å². The van der Waals surface area contributed by atoms with Crippen molar-refractivity contribution in [2.24, 2.45) is 0 Å². The van der Waals surface area contributed by atoms with Crippen LogP contribution in [0, 0.1) is 0 Å². The lowest BCUT2D eigenvalue weighted by Gasteiger charge is -2.38. The molecule has 0 spiro atoms. The topological polar surface area (TPSA) is 44.1 Å². The molecule has 2 rings (SSSR count). The van der Waals surface area contributed by atoms with Gasteiger partial charge in [0.05, 0.1) is 10.7 Å². The van der Waals surface area contributed by atoms with Crippen LogP contribution in [0.4, 0.5) is 0 Å². The molecule has 1 aliphatic carbocycles. The standard InChI is InChI=1S/C11H15BrN2O2/c1-3-14-9(8(12)7-13-14)10(15)11(16-2)5-4-6-11/h7H,3-6H2,1-2H3. The highest BCUT2D eigenvalue weighted by Gasteiger charge is 2.46. The summed E-state index contributed by atoms with van der Waals surface area (Å²) < 4.78 is 7.87. The van der Waals surface area contributed by atoms with Crippen molar-refractivity contribution in [3.63, 3.8) is 0 Å². The molecule has 0 bridgehead atoms. The fraction of sp³-hybridized carbons (Fsp3) is 0.636. The van der Waals surface area contributed by atoms with Gasteiger partial charge in [-0.3, -0.25) is 9.48 Å².